The summed E-state index contributed by atoms with van der Waals surface area (Å²) in [5.41, 5.74) is 1.79. The predicted octanol–water partition coefficient (Wildman–Crippen LogP) is 3.45. The van der Waals surface area contributed by atoms with Crippen LogP contribution in [0.2, 0.25) is 0 Å². The fourth-order valence-corrected chi connectivity index (χ4v) is 3.77. The number of imidazole rings is 1. The van der Waals surface area contributed by atoms with Gasteiger partial charge in [-0.25, -0.2) is 4.98 Å². The monoisotopic (exact) mass is 436 g/mol. The number of hydrogen-bond acceptors (Lipinski definition) is 6. The van der Waals surface area contributed by atoms with Crippen LogP contribution in [-0.4, -0.2) is 37.3 Å². The number of carbonyl (C=O) groups is 3. The van der Waals surface area contributed by atoms with Crippen LogP contribution in [0.25, 0.3) is 0 Å². The molecule has 4 rings (SSSR count). The number of thioether (sulfide) groups is 1. The fraction of sp³-hybridized carbons (Fsp3) is 0.182. The van der Waals surface area contributed by atoms with E-state index in [-0.39, 0.29) is 29.4 Å². The molecule has 0 bridgehead atoms. The number of nitrogens with zero attached hydrogens (tertiary/aromatic N) is 3. The predicted molar refractivity (Wildman–Crippen MR) is 117 cm³/mol. The topological polar surface area (TPSA) is 93.5 Å². The Hall–Kier alpha value is -3.59. The van der Waals surface area contributed by atoms with E-state index in [2.05, 4.69) is 10.3 Å². The van der Waals surface area contributed by atoms with Crippen LogP contribution in [0, 0.1) is 0 Å². The molecule has 1 N–H and O–H groups in total. The zero-order valence-electron chi connectivity index (χ0n) is 16.8. The second kappa shape index (κ2) is 9.05. The molecule has 3 aromatic rings. The second-order valence-electron chi connectivity index (χ2n) is 6.96. The maximum absolute atomic E-state index is 12.6. The van der Waals surface area contributed by atoms with E-state index < -0.39 is 0 Å². The minimum absolute atomic E-state index is 0.161. The molecule has 2 aromatic carbocycles. The zero-order chi connectivity index (χ0) is 21.8. The molecule has 0 saturated carbocycles. The molecule has 158 valence electrons. The highest BCUT2D eigenvalue weighted by atomic mass is 32.2. The highest BCUT2D eigenvalue weighted by molar-refractivity contribution is 8.14. The first-order valence-electron chi connectivity index (χ1n) is 9.56. The molecule has 2 heterocycles. The molecular weight excluding hydrogens is 416 g/mol. The van der Waals surface area contributed by atoms with E-state index in [1.807, 2.05) is 17.8 Å². The van der Waals surface area contributed by atoms with Gasteiger partial charge in [0.15, 0.2) is 0 Å². The summed E-state index contributed by atoms with van der Waals surface area (Å²) in [6.45, 7) is 0.510. The van der Waals surface area contributed by atoms with Gasteiger partial charge in [-0.15, -0.1) is 0 Å². The molecule has 1 saturated heterocycles. The van der Waals surface area contributed by atoms with Crippen LogP contribution in [0.3, 0.4) is 0 Å². The zero-order valence-corrected chi connectivity index (χ0v) is 17.6. The first kappa shape index (κ1) is 20.7. The van der Waals surface area contributed by atoms with Crippen LogP contribution in [0.15, 0.2) is 60.9 Å². The minimum atomic E-state index is -0.281. The maximum atomic E-state index is 12.6. The van der Waals surface area contributed by atoms with Crippen LogP contribution >= 0.6 is 11.8 Å². The van der Waals surface area contributed by atoms with E-state index >= 15 is 0 Å². The summed E-state index contributed by atoms with van der Waals surface area (Å²) >= 11 is 0.993. The summed E-state index contributed by atoms with van der Waals surface area (Å²) in [5.74, 6) is 1.15. The van der Waals surface area contributed by atoms with Crippen molar-refractivity contribution in [1.29, 1.82) is 0 Å². The Morgan fingerprint density at radius 1 is 1.19 bits per heavy atom. The summed E-state index contributed by atoms with van der Waals surface area (Å²) in [4.78, 5) is 41.6. The average molecular weight is 436 g/mol. The third-order valence-electron chi connectivity index (χ3n) is 4.77. The van der Waals surface area contributed by atoms with Gasteiger partial charge in [0.05, 0.1) is 12.3 Å². The lowest BCUT2D eigenvalue weighted by Gasteiger charge is -2.13. The van der Waals surface area contributed by atoms with Crippen LogP contribution < -0.4 is 10.1 Å². The van der Waals surface area contributed by atoms with Gasteiger partial charge in [0, 0.05) is 30.7 Å². The molecule has 3 amide bonds. The summed E-state index contributed by atoms with van der Waals surface area (Å²) in [7, 11) is 1.90. The van der Waals surface area contributed by atoms with Gasteiger partial charge >= 0.3 is 0 Å². The first-order valence-corrected chi connectivity index (χ1v) is 10.5. The maximum Gasteiger partial charge on any atom is 0.289 e. The van der Waals surface area contributed by atoms with Crippen LogP contribution in [-0.2, 0) is 25.0 Å². The van der Waals surface area contributed by atoms with Gasteiger partial charge in [0.2, 0.25) is 5.91 Å². The number of aromatic nitrogens is 2. The van der Waals surface area contributed by atoms with E-state index in [9.17, 15) is 14.4 Å². The molecule has 1 aliphatic heterocycles. The summed E-state index contributed by atoms with van der Waals surface area (Å²) in [6.07, 6.45) is 3.57. The van der Waals surface area contributed by atoms with Crippen molar-refractivity contribution in [2.45, 2.75) is 13.2 Å². The molecule has 8 nitrogen and oxygen atoms in total. The number of nitrogens with one attached hydrogen (secondary N) is 1. The quantitative estimate of drug-likeness (QED) is 0.610. The van der Waals surface area contributed by atoms with Gasteiger partial charge in [-0.05, 0) is 42.0 Å². The molecule has 0 spiro atoms. The van der Waals surface area contributed by atoms with Crippen molar-refractivity contribution in [2.24, 2.45) is 7.05 Å². The standard InChI is InChI=1S/C22H20N4O4S/c1-25-10-9-23-19(25)13-30-18-7-5-17(6-8-18)24-21(28)16-4-2-3-15(11-16)12-26-20(27)14-31-22(26)29/h2-11H,12-14H2,1H3,(H,24,28). The number of amides is 3. The number of imide groups is 1. The molecule has 0 aliphatic carbocycles. The lowest BCUT2D eigenvalue weighted by atomic mass is 10.1. The van der Waals surface area contributed by atoms with Crippen molar-refractivity contribution >= 4 is 34.5 Å². The summed E-state index contributed by atoms with van der Waals surface area (Å²) in [6, 6.07) is 14.0. The molecule has 31 heavy (non-hydrogen) atoms. The number of benzene rings is 2. The molecule has 9 heteroatoms. The van der Waals surface area contributed by atoms with Crippen LogP contribution in [0.1, 0.15) is 21.7 Å². The molecule has 1 fully saturated rings. The Balaban J connectivity index is 1.36. The van der Waals surface area contributed by atoms with E-state index in [4.69, 9.17) is 4.74 Å². The van der Waals surface area contributed by atoms with E-state index in [1.165, 1.54) is 4.90 Å². The lowest BCUT2D eigenvalue weighted by molar-refractivity contribution is -0.125. The highest BCUT2D eigenvalue weighted by Gasteiger charge is 2.29. The normalized spacial score (nSPS) is 13.5. The Morgan fingerprint density at radius 3 is 2.68 bits per heavy atom. The van der Waals surface area contributed by atoms with E-state index in [1.54, 1.807) is 54.7 Å². The minimum Gasteiger partial charge on any atom is -0.486 e. The summed E-state index contributed by atoms with van der Waals surface area (Å²) in [5, 5.41) is 2.58. The lowest BCUT2D eigenvalue weighted by Crippen LogP contribution is -2.28. The number of ether oxygens (including phenoxy) is 1. The third kappa shape index (κ3) is 4.95. The number of rotatable bonds is 7. The molecule has 0 atom stereocenters. The van der Waals surface area contributed by atoms with Crippen LogP contribution in [0.4, 0.5) is 10.5 Å². The van der Waals surface area contributed by atoms with Gasteiger partial charge in [-0.2, -0.15) is 0 Å². The summed E-state index contributed by atoms with van der Waals surface area (Å²) < 4.78 is 7.60. The van der Waals surface area contributed by atoms with Crippen molar-refractivity contribution < 1.29 is 19.1 Å². The second-order valence-corrected chi connectivity index (χ2v) is 7.88. The smallest absolute Gasteiger partial charge is 0.289 e. The number of anilines is 1. The molecular formula is C22H20N4O4S. The molecule has 0 radical (unpaired) electrons. The van der Waals surface area contributed by atoms with E-state index in [0.29, 0.717) is 23.6 Å². The Kier molecular flexibility index (Phi) is 6.03. The van der Waals surface area contributed by atoms with Gasteiger partial charge in [0.25, 0.3) is 11.1 Å². The van der Waals surface area contributed by atoms with Crippen molar-refractivity contribution in [3.8, 4) is 5.75 Å². The molecule has 1 aliphatic rings. The third-order valence-corrected chi connectivity index (χ3v) is 5.63. The number of hydrogen-bond donors (Lipinski definition) is 1. The van der Waals surface area contributed by atoms with Crippen molar-refractivity contribution in [3.05, 3.63) is 77.9 Å². The highest BCUT2D eigenvalue weighted by Crippen LogP contribution is 2.22. The van der Waals surface area contributed by atoms with E-state index in [0.717, 1.165) is 23.1 Å². The van der Waals surface area contributed by atoms with Crippen molar-refractivity contribution in [2.75, 3.05) is 11.1 Å². The van der Waals surface area contributed by atoms with Crippen LogP contribution in [0.5, 0.6) is 5.75 Å². The first-order chi connectivity index (χ1) is 15.0. The largest absolute Gasteiger partial charge is 0.486 e. The Labute approximate surface area is 183 Å². The fourth-order valence-electron chi connectivity index (χ4n) is 3.05. The Bertz CT molecular complexity index is 1110. The number of carbonyl (C=O) groups excluding carboxylic acids is 3. The van der Waals surface area contributed by atoms with Crippen molar-refractivity contribution in [1.82, 2.24) is 14.5 Å². The molecule has 1 aromatic heterocycles. The van der Waals surface area contributed by atoms with Gasteiger partial charge in [0.1, 0.15) is 18.2 Å². The van der Waals surface area contributed by atoms with Gasteiger partial charge in [-0.3, -0.25) is 19.3 Å². The van der Waals surface area contributed by atoms with Crippen molar-refractivity contribution in [3.63, 3.8) is 0 Å². The SMILES string of the molecule is Cn1ccnc1COc1ccc(NC(=O)c2cccc(CN3C(=O)CSC3=O)c2)cc1. The molecule has 0 unspecified atom stereocenters. The average Bonchev–Trinajstić information content (AvgIpc) is 3.33. The Morgan fingerprint density at radius 2 is 2.00 bits per heavy atom. The van der Waals surface area contributed by atoms with Gasteiger partial charge in [-0.1, -0.05) is 23.9 Å². The van der Waals surface area contributed by atoms with Gasteiger partial charge < -0.3 is 14.6 Å². The number of aryl methyl sites for hydroxylation is 1.